The largest absolute Gasteiger partial charge is 0.409 e. The molecule has 0 fully saturated rings. The van der Waals surface area contributed by atoms with Crippen LogP contribution in [0.2, 0.25) is 0 Å². The first-order valence-corrected chi connectivity index (χ1v) is 5.16. The Morgan fingerprint density at radius 1 is 1.76 bits per heavy atom. The number of nitrogens with two attached hydrogens (primary N) is 1. The number of amidine groups is 1. The summed E-state index contributed by atoms with van der Waals surface area (Å²) in [6.07, 6.45) is 3.07. The van der Waals surface area contributed by atoms with Gasteiger partial charge < -0.3 is 20.4 Å². The molecule has 1 unspecified atom stereocenters. The van der Waals surface area contributed by atoms with Crippen LogP contribution in [-0.2, 0) is 7.05 Å². The second-order valence-corrected chi connectivity index (χ2v) is 4.00. The molecule has 0 aliphatic heterocycles. The summed E-state index contributed by atoms with van der Waals surface area (Å²) in [5, 5.41) is 11.5. The molecule has 1 aromatic heterocycles. The molecule has 1 aromatic rings. The zero-order valence-corrected chi connectivity index (χ0v) is 10.2. The molecule has 0 aliphatic rings. The topological polar surface area (TPSA) is 96.7 Å². The van der Waals surface area contributed by atoms with Gasteiger partial charge in [0.15, 0.2) is 0 Å². The van der Waals surface area contributed by atoms with Gasteiger partial charge in [-0.25, -0.2) is 4.98 Å². The highest BCUT2D eigenvalue weighted by Crippen LogP contribution is 2.05. The summed E-state index contributed by atoms with van der Waals surface area (Å²) < 4.78 is 1.65. The Bertz CT molecular complexity index is 426. The predicted molar refractivity (Wildman–Crippen MR) is 62.7 cm³/mol. The monoisotopic (exact) mass is 239 g/mol. The number of rotatable bonds is 4. The molecule has 0 radical (unpaired) electrons. The van der Waals surface area contributed by atoms with Crippen molar-refractivity contribution in [2.45, 2.75) is 6.92 Å². The van der Waals surface area contributed by atoms with Gasteiger partial charge >= 0.3 is 0 Å². The van der Waals surface area contributed by atoms with Crippen LogP contribution < -0.4 is 5.73 Å². The Morgan fingerprint density at radius 2 is 2.41 bits per heavy atom. The molecule has 1 atom stereocenters. The number of hydrogen-bond donors (Lipinski definition) is 2. The third kappa shape index (κ3) is 2.96. The maximum Gasteiger partial charge on any atom is 0.271 e. The summed E-state index contributed by atoms with van der Waals surface area (Å²) in [7, 11) is 3.41. The molecular weight excluding hydrogens is 222 g/mol. The first-order chi connectivity index (χ1) is 7.97. The standard InChI is InChI=1S/C10H17N5O2/c1-7(9(11)13-17)5-14(2)10(16)8-4-12-6-15(8)3/h4,6-7,17H,5H2,1-3H3,(H2,11,13). The van der Waals surface area contributed by atoms with E-state index >= 15 is 0 Å². The van der Waals surface area contributed by atoms with E-state index < -0.39 is 0 Å². The minimum absolute atomic E-state index is 0.106. The van der Waals surface area contributed by atoms with Crippen molar-refractivity contribution in [1.29, 1.82) is 0 Å². The predicted octanol–water partition coefficient (Wildman–Crippen LogP) is -0.125. The molecule has 0 aliphatic carbocycles. The fourth-order valence-corrected chi connectivity index (χ4v) is 1.44. The minimum Gasteiger partial charge on any atom is -0.409 e. The van der Waals surface area contributed by atoms with Crippen LogP contribution in [0.3, 0.4) is 0 Å². The van der Waals surface area contributed by atoms with Crippen molar-refractivity contribution in [2.75, 3.05) is 13.6 Å². The molecule has 94 valence electrons. The smallest absolute Gasteiger partial charge is 0.271 e. The van der Waals surface area contributed by atoms with Crippen LogP contribution in [0.1, 0.15) is 17.4 Å². The van der Waals surface area contributed by atoms with Crippen LogP contribution in [0, 0.1) is 5.92 Å². The molecule has 3 N–H and O–H groups in total. The van der Waals surface area contributed by atoms with Crippen molar-refractivity contribution in [3.05, 3.63) is 18.2 Å². The molecule has 1 heterocycles. The highest BCUT2D eigenvalue weighted by atomic mass is 16.4. The average molecular weight is 239 g/mol. The van der Waals surface area contributed by atoms with Gasteiger partial charge in [0.25, 0.3) is 5.91 Å². The summed E-state index contributed by atoms with van der Waals surface area (Å²) in [5.74, 6) is -0.251. The molecule has 0 saturated carbocycles. The zero-order chi connectivity index (χ0) is 13.0. The van der Waals surface area contributed by atoms with Crippen LogP contribution in [0.15, 0.2) is 17.7 Å². The van der Waals surface area contributed by atoms with Gasteiger partial charge in [0.1, 0.15) is 11.5 Å². The number of imidazole rings is 1. The lowest BCUT2D eigenvalue weighted by Crippen LogP contribution is -2.36. The Morgan fingerprint density at radius 3 is 2.88 bits per heavy atom. The number of oxime groups is 1. The Hall–Kier alpha value is -2.05. The normalized spacial score (nSPS) is 13.5. The maximum atomic E-state index is 12.0. The van der Waals surface area contributed by atoms with E-state index in [0.29, 0.717) is 12.2 Å². The first kappa shape index (κ1) is 13.0. The van der Waals surface area contributed by atoms with Gasteiger partial charge in [-0.05, 0) is 0 Å². The third-order valence-electron chi connectivity index (χ3n) is 2.55. The molecule has 1 rings (SSSR count). The van der Waals surface area contributed by atoms with E-state index in [2.05, 4.69) is 10.1 Å². The van der Waals surface area contributed by atoms with Crippen LogP contribution in [0.4, 0.5) is 0 Å². The highest BCUT2D eigenvalue weighted by molar-refractivity contribution is 5.92. The fraction of sp³-hybridized carbons (Fsp3) is 0.500. The second-order valence-electron chi connectivity index (χ2n) is 4.00. The lowest BCUT2D eigenvalue weighted by Gasteiger charge is -2.20. The highest BCUT2D eigenvalue weighted by Gasteiger charge is 2.18. The summed E-state index contributed by atoms with van der Waals surface area (Å²) in [6, 6.07) is 0. The number of nitrogens with zero attached hydrogens (tertiary/aromatic N) is 4. The SMILES string of the molecule is CC(CN(C)C(=O)c1cncn1C)C(N)=NO. The Kier molecular flexibility index (Phi) is 4.08. The molecule has 0 aromatic carbocycles. The first-order valence-electron chi connectivity index (χ1n) is 5.16. The summed E-state index contributed by atoms with van der Waals surface area (Å²) in [6.45, 7) is 2.15. The molecule has 0 saturated heterocycles. The van der Waals surface area contributed by atoms with E-state index in [1.165, 1.54) is 11.1 Å². The number of amides is 1. The van der Waals surface area contributed by atoms with Crippen molar-refractivity contribution < 1.29 is 10.0 Å². The van der Waals surface area contributed by atoms with E-state index in [-0.39, 0.29) is 17.7 Å². The third-order valence-corrected chi connectivity index (χ3v) is 2.55. The van der Waals surface area contributed by atoms with Crippen molar-refractivity contribution in [3.63, 3.8) is 0 Å². The van der Waals surface area contributed by atoms with Gasteiger partial charge in [-0.15, -0.1) is 0 Å². The maximum absolute atomic E-state index is 12.0. The zero-order valence-electron chi connectivity index (χ0n) is 10.2. The lowest BCUT2D eigenvalue weighted by atomic mass is 10.1. The molecule has 7 heteroatoms. The van der Waals surface area contributed by atoms with Crippen molar-refractivity contribution in [1.82, 2.24) is 14.5 Å². The van der Waals surface area contributed by atoms with Gasteiger partial charge in [0, 0.05) is 26.6 Å². The van der Waals surface area contributed by atoms with Crippen molar-refractivity contribution >= 4 is 11.7 Å². The van der Waals surface area contributed by atoms with E-state index in [9.17, 15) is 4.79 Å². The molecule has 7 nitrogen and oxygen atoms in total. The number of hydrogen-bond acceptors (Lipinski definition) is 4. The van der Waals surface area contributed by atoms with Crippen LogP contribution in [0.25, 0.3) is 0 Å². The van der Waals surface area contributed by atoms with Gasteiger partial charge in [0.05, 0.1) is 12.5 Å². The Labute approximate surface area is 99.5 Å². The van der Waals surface area contributed by atoms with Crippen LogP contribution in [0.5, 0.6) is 0 Å². The van der Waals surface area contributed by atoms with E-state index in [4.69, 9.17) is 10.9 Å². The van der Waals surface area contributed by atoms with Crippen molar-refractivity contribution in [2.24, 2.45) is 23.9 Å². The molecule has 0 bridgehead atoms. The van der Waals surface area contributed by atoms with Gasteiger partial charge in [-0.3, -0.25) is 4.79 Å². The van der Waals surface area contributed by atoms with Crippen molar-refractivity contribution in [3.8, 4) is 0 Å². The average Bonchev–Trinajstić information content (AvgIpc) is 2.73. The van der Waals surface area contributed by atoms with E-state index in [0.717, 1.165) is 0 Å². The molecule has 17 heavy (non-hydrogen) atoms. The van der Waals surface area contributed by atoms with E-state index in [1.54, 1.807) is 31.9 Å². The van der Waals surface area contributed by atoms with E-state index in [1.807, 2.05) is 0 Å². The fourth-order valence-electron chi connectivity index (χ4n) is 1.44. The number of aryl methyl sites for hydroxylation is 1. The Balaban J connectivity index is 2.69. The number of aromatic nitrogens is 2. The van der Waals surface area contributed by atoms with Gasteiger partial charge in [-0.1, -0.05) is 12.1 Å². The lowest BCUT2D eigenvalue weighted by molar-refractivity contribution is 0.0776. The van der Waals surface area contributed by atoms with Crippen LogP contribution >= 0.6 is 0 Å². The summed E-state index contributed by atoms with van der Waals surface area (Å²) in [4.78, 5) is 17.4. The molecular formula is C10H17N5O2. The molecule has 0 spiro atoms. The molecule has 1 amide bonds. The summed E-state index contributed by atoms with van der Waals surface area (Å²) in [5.41, 5.74) is 5.96. The minimum atomic E-state index is -0.206. The second kappa shape index (κ2) is 5.33. The van der Waals surface area contributed by atoms with Gasteiger partial charge in [-0.2, -0.15) is 0 Å². The number of carbonyl (C=O) groups is 1. The van der Waals surface area contributed by atoms with Crippen LogP contribution in [-0.4, -0.2) is 45.0 Å². The number of carbonyl (C=O) groups excluding carboxylic acids is 1. The summed E-state index contributed by atoms with van der Waals surface area (Å²) >= 11 is 0. The quantitative estimate of drug-likeness (QED) is 0.331. The van der Waals surface area contributed by atoms with Gasteiger partial charge in [0.2, 0.25) is 0 Å².